The maximum atomic E-state index is 13.1. The number of piperidine rings is 1. The molecular formula is C24H30N2O4S. The number of carbonyl (C=O) groups excluding carboxylic acids is 1. The summed E-state index contributed by atoms with van der Waals surface area (Å²) >= 11 is 0. The first-order chi connectivity index (χ1) is 14.9. The van der Waals surface area contributed by atoms with Crippen LogP contribution in [-0.4, -0.2) is 38.8 Å². The van der Waals surface area contributed by atoms with Crippen molar-refractivity contribution >= 4 is 15.9 Å². The van der Waals surface area contributed by atoms with Gasteiger partial charge in [-0.1, -0.05) is 23.8 Å². The Labute approximate surface area is 184 Å². The molecule has 1 fully saturated rings. The van der Waals surface area contributed by atoms with E-state index >= 15 is 0 Å². The molecule has 0 spiro atoms. The first-order valence-electron chi connectivity index (χ1n) is 10.9. The second-order valence-corrected chi connectivity index (χ2v) is 10.5. The lowest BCUT2D eigenvalue weighted by atomic mass is 9.87. The Morgan fingerprint density at radius 1 is 1.10 bits per heavy atom. The lowest BCUT2D eigenvalue weighted by Gasteiger charge is -2.33. The molecule has 1 heterocycles. The van der Waals surface area contributed by atoms with E-state index in [9.17, 15) is 13.2 Å². The van der Waals surface area contributed by atoms with Gasteiger partial charge in [-0.25, -0.2) is 8.42 Å². The van der Waals surface area contributed by atoms with E-state index in [-0.39, 0.29) is 29.3 Å². The molecule has 0 unspecified atom stereocenters. The summed E-state index contributed by atoms with van der Waals surface area (Å²) in [5, 5.41) is 3.20. The molecule has 6 nitrogen and oxygen atoms in total. The molecule has 2 aliphatic rings. The Morgan fingerprint density at radius 3 is 2.61 bits per heavy atom. The van der Waals surface area contributed by atoms with Crippen molar-refractivity contribution in [1.29, 1.82) is 0 Å². The molecule has 1 aliphatic carbocycles. The third-order valence-electron chi connectivity index (χ3n) is 6.39. The first kappa shape index (κ1) is 21.8. The first-order valence-corrected chi connectivity index (χ1v) is 12.4. The number of amides is 1. The quantitative estimate of drug-likeness (QED) is 0.768. The highest BCUT2D eigenvalue weighted by Crippen LogP contribution is 2.33. The number of methoxy groups -OCH3 is 1. The fraction of sp³-hybridized carbons (Fsp3) is 0.458. The van der Waals surface area contributed by atoms with Crippen molar-refractivity contribution in [3.05, 3.63) is 59.2 Å². The summed E-state index contributed by atoms with van der Waals surface area (Å²) in [6.07, 6.45) is 4.26. The molecule has 0 saturated carbocycles. The molecule has 1 N–H and O–H groups in total. The Bertz CT molecular complexity index is 1050. The van der Waals surface area contributed by atoms with Gasteiger partial charge in [0.05, 0.1) is 24.0 Å². The van der Waals surface area contributed by atoms with Gasteiger partial charge >= 0.3 is 0 Å². The molecule has 166 valence electrons. The van der Waals surface area contributed by atoms with E-state index in [2.05, 4.69) is 5.32 Å². The largest absolute Gasteiger partial charge is 0.497 e. The SMILES string of the molecule is COc1ccc2c(c1)CCC[C@H]2NC(=O)[C@H]1CCCN(S(=O)(=O)c2ccc(C)cc2)C1. The van der Waals surface area contributed by atoms with Crippen LogP contribution < -0.4 is 10.1 Å². The van der Waals surface area contributed by atoms with Crippen LogP contribution in [0.2, 0.25) is 0 Å². The molecule has 2 aromatic carbocycles. The summed E-state index contributed by atoms with van der Waals surface area (Å²) in [5.74, 6) is 0.435. The summed E-state index contributed by atoms with van der Waals surface area (Å²) in [4.78, 5) is 13.4. The van der Waals surface area contributed by atoms with Crippen molar-refractivity contribution in [3.8, 4) is 5.75 Å². The van der Waals surface area contributed by atoms with Gasteiger partial charge in [0.1, 0.15) is 5.75 Å². The average Bonchev–Trinajstić information content (AvgIpc) is 2.79. The number of hydrogen-bond acceptors (Lipinski definition) is 4. The lowest BCUT2D eigenvalue weighted by molar-refractivity contribution is -0.127. The zero-order chi connectivity index (χ0) is 22.0. The number of fused-ring (bicyclic) bond motifs is 1. The van der Waals surface area contributed by atoms with E-state index in [0.29, 0.717) is 19.4 Å². The Kier molecular flexibility index (Phi) is 6.34. The summed E-state index contributed by atoms with van der Waals surface area (Å²) in [5.41, 5.74) is 3.36. The van der Waals surface area contributed by atoms with Crippen molar-refractivity contribution in [3.63, 3.8) is 0 Å². The minimum atomic E-state index is -3.60. The number of benzene rings is 2. The Balaban J connectivity index is 1.46. The molecule has 1 saturated heterocycles. The predicted molar refractivity (Wildman–Crippen MR) is 119 cm³/mol. The molecule has 7 heteroatoms. The highest BCUT2D eigenvalue weighted by molar-refractivity contribution is 7.89. The molecule has 4 rings (SSSR count). The number of sulfonamides is 1. The van der Waals surface area contributed by atoms with E-state index in [1.807, 2.05) is 25.1 Å². The molecular weight excluding hydrogens is 412 g/mol. The molecule has 0 bridgehead atoms. The van der Waals surface area contributed by atoms with Crippen molar-refractivity contribution in [2.45, 2.75) is 50.0 Å². The smallest absolute Gasteiger partial charge is 0.243 e. The number of carbonyl (C=O) groups is 1. The van der Waals surface area contributed by atoms with Crippen LogP contribution in [0.1, 0.15) is 48.4 Å². The zero-order valence-electron chi connectivity index (χ0n) is 18.1. The average molecular weight is 443 g/mol. The molecule has 1 amide bonds. The number of ether oxygens (including phenoxy) is 1. The fourth-order valence-electron chi connectivity index (χ4n) is 4.59. The standard InChI is InChI=1S/C24H30N2O4S/c1-17-8-11-21(12-9-17)31(28,29)26-14-4-6-19(16-26)24(27)25-23-7-3-5-18-15-20(30-2)10-13-22(18)23/h8-13,15,19,23H,3-7,14,16H2,1-2H3,(H,25,27)/t19-,23+/m0/s1. The number of hydrogen-bond donors (Lipinski definition) is 1. The molecule has 0 aromatic heterocycles. The van der Waals surface area contributed by atoms with Crippen molar-refractivity contribution in [1.82, 2.24) is 9.62 Å². The van der Waals surface area contributed by atoms with Crippen molar-refractivity contribution in [2.24, 2.45) is 5.92 Å². The highest BCUT2D eigenvalue weighted by atomic mass is 32.2. The van der Waals surface area contributed by atoms with Crippen LogP contribution in [0.15, 0.2) is 47.4 Å². The third kappa shape index (κ3) is 4.62. The lowest BCUT2D eigenvalue weighted by Crippen LogP contribution is -2.46. The molecule has 2 atom stereocenters. The van der Waals surface area contributed by atoms with Gasteiger partial charge in [-0.2, -0.15) is 4.31 Å². The Hall–Kier alpha value is -2.38. The number of nitrogens with one attached hydrogen (secondary N) is 1. The number of aryl methyl sites for hydroxylation is 2. The van der Waals surface area contributed by atoms with Crippen LogP contribution in [0, 0.1) is 12.8 Å². The van der Waals surface area contributed by atoms with Crippen LogP contribution in [0.4, 0.5) is 0 Å². The summed E-state index contributed by atoms with van der Waals surface area (Å²) in [6, 6.07) is 12.9. The second kappa shape index (κ2) is 9.01. The van der Waals surface area contributed by atoms with E-state index in [0.717, 1.165) is 36.1 Å². The molecule has 0 radical (unpaired) electrons. The number of rotatable bonds is 5. The maximum Gasteiger partial charge on any atom is 0.243 e. The molecule has 31 heavy (non-hydrogen) atoms. The van der Waals surface area contributed by atoms with Crippen LogP contribution >= 0.6 is 0 Å². The van der Waals surface area contributed by atoms with Crippen molar-refractivity contribution < 1.29 is 17.9 Å². The van der Waals surface area contributed by atoms with Gasteiger partial charge < -0.3 is 10.1 Å². The predicted octanol–water partition coefficient (Wildman–Crippen LogP) is 3.60. The van der Waals surface area contributed by atoms with Gasteiger partial charge in [-0.05, 0) is 74.4 Å². The highest BCUT2D eigenvalue weighted by Gasteiger charge is 2.34. The topological polar surface area (TPSA) is 75.7 Å². The zero-order valence-corrected chi connectivity index (χ0v) is 19.0. The van der Waals surface area contributed by atoms with Gasteiger partial charge in [0, 0.05) is 13.1 Å². The van der Waals surface area contributed by atoms with Crippen LogP contribution in [0.25, 0.3) is 0 Å². The molecule has 1 aliphatic heterocycles. The van der Waals surface area contributed by atoms with Crippen LogP contribution in [-0.2, 0) is 21.2 Å². The van der Waals surface area contributed by atoms with Gasteiger partial charge in [0.2, 0.25) is 15.9 Å². The van der Waals surface area contributed by atoms with Gasteiger partial charge in [-0.3, -0.25) is 4.79 Å². The summed E-state index contributed by atoms with van der Waals surface area (Å²) < 4.78 is 32.9. The van der Waals surface area contributed by atoms with E-state index < -0.39 is 10.0 Å². The Morgan fingerprint density at radius 2 is 1.87 bits per heavy atom. The van der Waals surface area contributed by atoms with Crippen LogP contribution in [0.5, 0.6) is 5.75 Å². The second-order valence-electron chi connectivity index (χ2n) is 8.53. The van der Waals surface area contributed by atoms with Crippen LogP contribution in [0.3, 0.4) is 0 Å². The fourth-order valence-corrected chi connectivity index (χ4v) is 6.12. The number of nitrogens with zero attached hydrogens (tertiary/aromatic N) is 1. The third-order valence-corrected chi connectivity index (χ3v) is 8.27. The van der Waals surface area contributed by atoms with Gasteiger partial charge in [0.15, 0.2) is 0 Å². The minimum absolute atomic E-state index is 0.0359. The van der Waals surface area contributed by atoms with E-state index in [1.54, 1.807) is 31.4 Å². The van der Waals surface area contributed by atoms with E-state index in [1.165, 1.54) is 9.87 Å². The van der Waals surface area contributed by atoms with Gasteiger partial charge in [0.25, 0.3) is 0 Å². The molecule has 2 aromatic rings. The van der Waals surface area contributed by atoms with Gasteiger partial charge in [-0.15, -0.1) is 0 Å². The monoisotopic (exact) mass is 442 g/mol. The normalized spacial score (nSPS) is 21.9. The maximum absolute atomic E-state index is 13.1. The summed E-state index contributed by atoms with van der Waals surface area (Å²) in [7, 11) is -1.94. The minimum Gasteiger partial charge on any atom is -0.497 e. The van der Waals surface area contributed by atoms with Crippen molar-refractivity contribution in [2.75, 3.05) is 20.2 Å². The van der Waals surface area contributed by atoms with E-state index in [4.69, 9.17) is 4.74 Å². The summed E-state index contributed by atoms with van der Waals surface area (Å²) in [6.45, 7) is 2.60.